The third-order valence-electron chi connectivity index (χ3n) is 1.69. The number of phenols is 1. The van der Waals surface area contributed by atoms with E-state index in [4.69, 9.17) is 0 Å². The molecule has 14 heavy (non-hydrogen) atoms. The molecule has 0 saturated carbocycles. The number of aromatic nitrogens is 1. The summed E-state index contributed by atoms with van der Waals surface area (Å²) in [6.45, 7) is 4.00. The lowest BCUT2D eigenvalue weighted by atomic mass is 10.2. The molecule has 1 heterocycles. The molecular formula is C11H12BrNO. The number of benzene rings is 1. The number of nitrogens with zero attached hydrogens (tertiary/aromatic N) is 1. The van der Waals surface area contributed by atoms with Crippen molar-refractivity contribution in [1.29, 1.82) is 0 Å². The molecule has 0 aliphatic carbocycles. The molecule has 0 amide bonds. The van der Waals surface area contributed by atoms with Gasteiger partial charge in [-0.25, -0.2) is 0 Å². The molecule has 0 unspecified atom stereocenters. The van der Waals surface area contributed by atoms with E-state index < -0.39 is 0 Å². The first-order valence-electron chi connectivity index (χ1n) is 4.49. The van der Waals surface area contributed by atoms with Gasteiger partial charge >= 0.3 is 0 Å². The molecule has 74 valence electrons. The fourth-order valence-corrected chi connectivity index (χ4v) is 1.61. The van der Waals surface area contributed by atoms with E-state index in [2.05, 4.69) is 20.9 Å². The van der Waals surface area contributed by atoms with Crippen molar-refractivity contribution in [1.82, 2.24) is 4.98 Å². The number of phenolic OH excluding ortho intramolecular Hbond substituents is 1. The summed E-state index contributed by atoms with van der Waals surface area (Å²) >= 11 is 3.38. The Hall–Kier alpha value is -1.09. The Labute approximate surface area is 91.7 Å². The highest BCUT2D eigenvalue weighted by molar-refractivity contribution is 9.10. The minimum atomic E-state index is 0.266. The van der Waals surface area contributed by atoms with Gasteiger partial charge in [0.05, 0.1) is 0 Å². The van der Waals surface area contributed by atoms with Crippen molar-refractivity contribution in [2.24, 2.45) is 0 Å². The zero-order chi connectivity index (χ0) is 10.6. The van der Waals surface area contributed by atoms with E-state index in [1.807, 2.05) is 19.9 Å². The zero-order valence-corrected chi connectivity index (χ0v) is 9.75. The number of pyridine rings is 1. The van der Waals surface area contributed by atoms with Crippen LogP contribution in [0.25, 0.3) is 10.8 Å². The van der Waals surface area contributed by atoms with Crippen LogP contribution in [0.3, 0.4) is 0 Å². The summed E-state index contributed by atoms with van der Waals surface area (Å²) in [6, 6.07) is 5.20. The molecule has 0 fully saturated rings. The van der Waals surface area contributed by atoms with Gasteiger partial charge in [-0.15, -0.1) is 0 Å². The van der Waals surface area contributed by atoms with Gasteiger partial charge in [0.15, 0.2) is 0 Å². The predicted molar refractivity (Wildman–Crippen MR) is 62.5 cm³/mol. The van der Waals surface area contributed by atoms with Gasteiger partial charge in [-0.05, 0) is 39.5 Å². The Morgan fingerprint density at radius 3 is 2.64 bits per heavy atom. The normalized spacial score (nSPS) is 9.36. The van der Waals surface area contributed by atoms with E-state index in [1.54, 1.807) is 24.5 Å². The smallest absolute Gasteiger partial charge is 0.116 e. The van der Waals surface area contributed by atoms with E-state index in [-0.39, 0.29) is 5.75 Å². The molecule has 0 radical (unpaired) electrons. The van der Waals surface area contributed by atoms with Gasteiger partial charge in [0.1, 0.15) is 5.75 Å². The Morgan fingerprint density at radius 1 is 1.21 bits per heavy atom. The van der Waals surface area contributed by atoms with E-state index in [1.165, 1.54) is 0 Å². The van der Waals surface area contributed by atoms with E-state index >= 15 is 0 Å². The number of halogens is 1. The minimum Gasteiger partial charge on any atom is -0.508 e. The van der Waals surface area contributed by atoms with Crippen LogP contribution in [-0.2, 0) is 0 Å². The highest BCUT2D eigenvalue weighted by Gasteiger charge is 1.98. The highest BCUT2D eigenvalue weighted by atomic mass is 79.9. The number of fused-ring (bicyclic) bond motifs is 1. The van der Waals surface area contributed by atoms with Crippen LogP contribution < -0.4 is 0 Å². The van der Waals surface area contributed by atoms with Crippen LogP contribution in [0.15, 0.2) is 35.1 Å². The van der Waals surface area contributed by atoms with Crippen LogP contribution in [0, 0.1) is 0 Å². The lowest BCUT2D eigenvalue weighted by Crippen LogP contribution is -1.76. The molecular weight excluding hydrogens is 242 g/mol. The standard InChI is InChI=1S/C9H6BrNO.C2H6/c10-9-5-11-4-6-3-7(12)1-2-8(6)9;1-2/h1-5,12H;1-2H3. The molecule has 1 aromatic carbocycles. The molecule has 1 aromatic heterocycles. The van der Waals surface area contributed by atoms with Crippen LogP contribution in [-0.4, -0.2) is 10.1 Å². The Morgan fingerprint density at radius 2 is 1.93 bits per heavy atom. The number of hydrogen-bond acceptors (Lipinski definition) is 2. The summed E-state index contributed by atoms with van der Waals surface area (Å²) in [6.07, 6.45) is 3.46. The molecule has 0 saturated heterocycles. The van der Waals surface area contributed by atoms with Gasteiger partial charge in [-0.1, -0.05) is 13.8 Å². The molecule has 0 spiro atoms. The summed E-state index contributed by atoms with van der Waals surface area (Å²) in [5.41, 5.74) is 0. The minimum absolute atomic E-state index is 0.266. The molecule has 0 atom stereocenters. The second-order valence-corrected chi connectivity index (χ2v) is 3.38. The maximum atomic E-state index is 9.18. The molecule has 0 aliphatic rings. The first kappa shape index (κ1) is 11.0. The SMILES string of the molecule is CC.Oc1ccc2c(Br)cncc2c1. The summed E-state index contributed by atoms with van der Waals surface area (Å²) in [7, 11) is 0. The molecule has 0 bridgehead atoms. The lowest BCUT2D eigenvalue weighted by molar-refractivity contribution is 0.476. The molecule has 2 aromatic rings. The number of aromatic hydroxyl groups is 1. The first-order valence-corrected chi connectivity index (χ1v) is 5.29. The average Bonchev–Trinajstić information content (AvgIpc) is 2.21. The fraction of sp³-hybridized carbons (Fsp3) is 0.182. The molecule has 2 rings (SSSR count). The third-order valence-corrected chi connectivity index (χ3v) is 2.33. The second kappa shape index (κ2) is 4.96. The maximum absolute atomic E-state index is 9.18. The molecule has 0 aliphatic heterocycles. The second-order valence-electron chi connectivity index (χ2n) is 2.53. The summed E-state index contributed by atoms with van der Waals surface area (Å²) in [5, 5.41) is 11.2. The largest absolute Gasteiger partial charge is 0.508 e. The van der Waals surface area contributed by atoms with Crippen LogP contribution in [0.2, 0.25) is 0 Å². The third kappa shape index (κ3) is 2.23. The predicted octanol–water partition coefficient (Wildman–Crippen LogP) is 3.73. The van der Waals surface area contributed by atoms with Gasteiger partial charge in [0.2, 0.25) is 0 Å². The monoisotopic (exact) mass is 253 g/mol. The van der Waals surface area contributed by atoms with Crippen LogP contribution in [0.1, 0.15) is 13.8 Å². The van der Waals surface area contributed by atoms with E-state index in [0.29, 0.717) is 0 Å². The topological polar surface area (TPSA) is 33.1 Å². The molecule has 3 heteroatoms. The van der Waals surface area contributed by atoms with Crippen molar-refractivity contribution in [3.05, 3.63) is 35.1 Å². The van der Waals surface area contributed by atoms with Crippen LogP contribution in [0.5, 0.6) is 5.75 Å². The van der Waals surface area contributed by atoms with E-state index in [0.717, 1.165) is 15.2 Å². The first-order chi connectivity index (χ1) is 6.77. The number of rotatable bonds is 0. The van der Waals surface area contributed by atoms with Gasteiger partial charge in [-0.2, -0.15) is 0 Å². The Balaban J connectivity index is 0.000000461. The quantitative estimate of drug-likeness (QED) is 0.777. The van der Waals surface area contributed by atoms with Crippen molar-refractivity contribution in [2.75, 3.05) is 0 Å². The summed E-state index contributed by atoms with van der Waals surface area (Å²) < 4.78 is 0.944. The highest BCUT2D eigenvalue weighted by Crippen LogP contribution is 2.25. The van der Waals surface area contributed by atoms with Crippen molar-refractivity contribution in [3.8, 4) is 5.75 Å². The van der Waals surface area contributed by atoms with Crippen molar-refractivity contribution in [3.63, 3.8) is 0 Å². The van der Waals surface area contributed by atoms with Crippen LogP contribution >= 0.6 is 15.9 Å². The van der Waals surface area contributed by atoms with Crippen molar-refractivity contribution in [2.45, 2.75) is 13.8 Å². The Kier molecular flexibility index (Phi) is 3.89. The zero-order valence-electron chi connectivity index (χ0n) is 8.16. The Bertz CT molecular complexity index is 429. The average molecular weight is 254 g/mol. The van der Waals surface area contributed by atoms with E-state index in [9.17, 15) is 5.11 Å². The lowest BCUT2D eigenvalue weighted by Gasteiger charge is -1.99. The molecule has 2 nitrogen and oxygen atoms in total. The van der Waals surface area contributed by atoms with Gasteiger partial charge in [-0.3, -0.25) is 4.98 Å². The van der Waals surface area contributed by atoms with Crippen molar-refractivity contribution >= 4 is 26.7 Å². The summed E-state index contributed by atoms with van der Waals surface area (Å²) in [4.78, 5) is 4.00. The van der Waals surface area contributed by atoms with Gasteiger partial charge in [0, 0.05) is 22.3 Å². The van der Waals surface area contributed by atoms with Gasteiger partial charge in [0.25, 0.3) is 0 Å². The van der Waals surface area contributed by atoms with Gasteiger partial charge < -0.3 is 5.11 Å². The van der Waals surface area contributed by atoms with Crippen LogP contribution in [0.4, 0.5) is 0 Å². The summed E-state index contributed by atoms with van der Waals surface area (Å²) in [5.74, 6) is 0.266. The maximum Gasteiger partial charge on any atom is 0.116 e. The molecule has 1 N–H and O–H groups in total. The number of hydrogen-bond donors (Lipinski definition) is 1. The van der Waals surface area contributed by atoms with Crippen molar-refractivity contribution < 1.29 is 5.11 Å². The fourth-order valence-electron chi connectivity index (χ4n) is 1.13.